The van der Waals surface area contributed by atoms with Crippen molar-refractivity contribution in [3.63, 3.8) is 0 Å². The van der Waals surface area contributed by atoms with Crippen LogP contribution >= 0.6 is 11.6 Å². The zero-order chi connectivity index (χ0) is 14.0. The van der Waals surface area contributed by atoms with Crippen molar-refractivity contribution in [2.75, 3.05) is 0 Å². The van der Waals surface area contributed by atoms with E-state index in [2.05, 4.69) is 9.97 Å². The molecule has 0 radical (unpaired) electrons. The molecule has 1 aromatic carbocycles. The van der Waals surface area contributed by atoms with Crippen molar-refractivity contribution in [1.82, 2.24) is 9.97 Å². The lowest BCUT2D eigenvalue weighted by Crippen LogP contribution is -2.05. The number of halogens is 2. The number of hydrogen-bond donors (Lipinski definition) is 1. The number of nitrogens with zero attached hydrogens (tertiary/aromatic N) is 2. The molecule has 0 fully saturated rings. The number of benzene rings is 1. The van der Waals surface area contributed by atoms with E-state index in [1.807, 2.05) is 0 Å². The highest BCUT2D eigenvalue weighted by Crippen LogP contribution is 2.22. The van der Waals surface area contributed by atoms with Crippen LogP contribution in [0.5, 0.6) is 0 Å². The van der Waals surface area contributed by atoms with E-state index in [0.29, 0.717) is 27.7 Å². The summed E-state index contributed by atoms with van der Waals surface area (Å²) in [4.78, 5) is 8.42. The maximum atomic E-state index is 13.7. The van der Waals surface area contributed by atoms with Crippen LogP contribution in [0.1, 0.15) is 35.7 Å². The van der Waals surface area contributed by atoms with Crippen molar-refractivity contribution in [2.45, 2.75) is 26.4 Å². The summed E-state index contributed by atoms with van der Waals surface area (Å²) in [6, 6.07) is 4.55. The summed E-state index contributed by atoms with van der Waals surface area (Å²) in [6.07, 6.45) is 1.18. The Morgan fingerprint density at radius 3 is 2.74 bits per heavy atom. The van der Waals surface area contributed by atoms with Crippen LogP contribution in [0.25, 0.3) is 0 Å². The monoisotopic (exact) mass is 280 g/mol. The molecule has 0 saturated carbocycles. The van der Waals surface area contributed by atoms with Gasteiger partial charge < -0.3 is 5.11 Å². The maximum Gasteiger partial charge on any atom is 0.133 e. The van der Waals surface area contributed by atoms with Crippen LogP contribution in [0.3, 0.4) is 0 Å². The van der Waals surface area contributed by atoms with Gasteiger partial charge in [0.15, 0.2) is 0 Å². The lowest BCUT2D eigenvalue weighted by molar-refractivity contribution is 0.197. The van der Waals surface area contributed by atoms with Gasteiger partial charge in [-0.15, -0.1) is 0 Å². The Morgan fingerprint density at radius 2 is 2.16 bits per heavy atom. The summed E-state index contributed by atoms with van der Waals surface area (Å²) >= 11 is 5.97. The predicted molar refractivity (Wildman–Crippen MR) is 71.6 cm³/mol. The van der Waals surface area contributed by atoms with Crippen molar-refractivity contribution in [2.24, 2.45) is 0 Å². The molecule has 3 nitrogen and oxygen atoms in total. The van der Waals surface area contributed by atoms with Gasteiger partial charge in [-0.25, -0.2) is 14.4 Å². The SMILES string of the molecule is Cc1nc(Cc2c(F)cccc2Cl)ncc1C(C)O. The topological polar surface area (TPSA) is 46.0 Å². The fourth-order valence-corrected chi connectivity index (χ4v) is 2.11. The second kappa shape index (κ2) is 5.63. The zero-order valence-electron chi connectivity index (χ0n) is 10.7. The van der Waals surface area contributed by atoms with Gasteiger partial charge in [-0.2, -0.15) is 0 Å². The minimum absolute atomic E-state index is 0.229. The lowest BCUT2D eigenvalue weighted by Gasteiger charge is -2.10. The standard InChI is InChI=1S/C14H14ClFN2O/c1-8-11(9(2)19)7-17-14(18-8)6-10-12(15)4-3-5-13(10)16/h3-5,7,9,19H,6H2,1-2H3. The fraction of sp³-hybridized carbons (Fsp3) is 0.286. The molecule has 2 rings (SSSR count). The van der Waals surface area contributed by atoms with E-state index in [0.717, 1.165) is 0 Å². The minimum Gasteiger partial charge on any atom is -0.389 e. The number of aryl methyl sites for hydroxylation is 1. The van der Waals surface area contributed by atoms with Gasteiger partial charge in [-0.3, -0.25) is 0 Å². The Labute approximate surface area is 116 Å². The van der Waals surface area contributed by atoms with Crippen molar-refractivity contribution in [1.29, 1.82) is 0 Å². The highest BCUT2D eigenvalue weighted by atomic mass is 35.5. The smallest absolute Gasteiger partial charge is 0.133 e. The Hall–Kier alpha value is -1.52. The first-order valence-electron chi connectivity index (χ1n) is 5.92. The van der Waals surface area contributed by atoms with Crippen molar-refractivity contribution < 1.29 is 9.50 Å². The van der Waals surface area contributed by atoms with Crippen molar-refractivity contribution in [3.8, 4) is 0 Å². The molecular weight excluding hydrogens is 267 g/mol. The van der Waals surface area contributed by atoms with Gasteiger partial charge in [-0.1, -0.05) is 17.7 Å². The molecular formula is C14H14ClFN2O. The molecule has 1 N–H and O–H groups in total. The third-order valence-electron chi connectivity index (χ3n) is 2.91. The molecule has 5 heteroatoms. The highest BCUT2D eigenvalue weighted by molar-refractivity contribution is 6.31. The number of aliphatic hydroxyl groups excluding tert-OH is 1. The third kappa shape index (κ3) is 3.08. The Morgan fingerprint density at radius 1 is 1.42 bits per heavy atom. The fourth-order valence-electron chi connectivity index (χ4n) is 1.88. The van der Waals surface area contributed by atoms with E-state index in [9.17, 15) is 9.50 Å². The molecule has 0 aliphatic heterocycles. The van der Waals surface area contributed by atoms with Crippen LogP contribution in [-0.4, -0.2) is 15.1 Å². The second-order valence-corrected chi connectivity index (χ2v) is 4.79. The molecule has 0 aliphatic carbocycles. The van der Waals surface area contributed by atoms with Crippen LogP contribution in [0.15, 0.2) is 24.4 Å². The minimum atomic E-state index is -0.619. The quantitative estimate of drug-likeness (QED) is 0.939. The van der Waals surface area contributed by atoms with E-state index in [4.69, 9.17) is 11.6 Å². The van der Waals surface area contributed by atoms with Gasteiger partial charge in [0.25, 0.3) is 0 Å². The molecule has 0 saturated heterocycles. The van der Waals surface area contributed by atoms with Gasteiger partial charge in [0.05, 0.1) is 6.10 Å². The summed E-state index contributed by atoms with van der Waals surface area (Å²) in [6.45, 7) is 3.44. The molecule has 2 aromatic rings. The van der Waals surface area contributed by atoms with Crippen LogP contribution < -0.4 is 0 Å². The number of aliphatic hydroxyl groups is 1. The first kappa shape index (κ1) is 13.9. The van der Waals surface area contributed by atoms with E-state index in [1.165, 1.54) is 6.07 Å². The van der Waals surface area contributed by atoms with Gasteiger partial charge >= 0.3 is 0 Å². The Kier molecular flexibility index (Phi) is 4.12. The number of rotatable bonds is 3. The Balaban J connectivity index is 2.32. The molecule has 1 aromatic heterocycles. The molecule has 0 aliphatic rings. The summed E-state index contributed by atoms with van der Waals surface area (Å²) in [7, 11) is 0. The molecule has 1 unspecified atom stereocenters. The molecule has 1 heterocycles. The summed E-state index contributed by atoms with van der Waals surface area (Å²) < 4.78 is 13.7. The highest BCUT2D eigenvalue weighted by Gasteiger charge is 2.12. The van der Waals surface area contributed by atoms with Gasteiger partial charge in [0.2, 0.25) is 0 Å². The molecule has 0 bridgehead atoms. The van der Waals surface area contributed by atoms with Crippen LogP contribution in [-0.2, 0) is 6.42 Å². The number of hydrogen-bond acceptors (Lipinski definition) is 3. The molecule has 1 atom stereocenters. The van der Waals surface area contributed by atoms with Crippen LogP contribution in [0, 0.1) is 12.7 Å². The average Bonchev–Trinajstić information content (AvgIpc) is 2.33. The summed E-state index contributed by atoms with van der Waals surface area (Å²) in [5.74, 6) is 0.113. The zero-order valence-corrected chi connectivity index (χ0v) is 11.4. The predicted octanol–water partition coefficient (Wildman–Crippen LogP) is 3.22. The summed E-state index contributed by atoms with van der Waals surface area (Å²) in [5.41, 5.74) is 1.74. The van der Waals surface area contributed by atoms with Gasteiger partial charge in [0, 0.05) is 34.5 Å². The van der Waals surface area contributed by atoms with E-state index in [-0.39, 0.29) is 12.2 Å². The van der Waals surface area contributed by atoms with Crippen molar-refractivity contribution in [3.05, 3.63) is 57.9 Å². The second-order valence-electron chi connectivity index (χ2n) is 4.38. The van der Waals surface area contributed by atoms with Crippen molar-refractivity contribution >= 4 is 11.6 Å². The maximum absolute atomic E-state index is 13.7. The molecule has 100 valence electrons. The van der Waals surface area contributed by atoms with Gasteiger partial charge in [-0.05, 0) is 26.0 Å². The van der Waals surface area contributed by atoms with Gasteiger partial charge in [0.1, 0.15) is 11.6 Å². The van der Waals surface area contributed by atoms with E-state index >= 15 is 0 Å². The molecule has 19 heavy (non-hydrogen) atoms. The summed E-state index contributed by atoms with van der Waals surface area (Å²) in [5, 5.41) is 9.87. The molecule has 0 amide bonds. The number of aromatic nitrogens is 2. The normalized spacial score (nSPS) is 12.5. The first-order valence-corrected chi connectivity index (χ1v) is 6.30. The van der Waals surface area contributed by atoms with E-state index < -0.39 is 6.10 Å². The first-order chi connectivity index (χ1) is 8.99. The van der Waals surface area contributed by atoms with Crippen LogP contribution in [0.2, 0.25) is 5.02 Å². The molecule has 0 spiro atoms. The van der Waals surface area contributed by atoms with E-state index in [1.54, 1.807) is 32.2 Å². The Bertz CT molecular complexity index is 582. The third-order valence-corrected chi connectivity index (χ3v) is 3.27. The van der Waals surface area contributed by atoms with Crippen LogP contribution in [0.4, 0.5) is 4.39 Å². The largest absolute Gasteiger partial charge is 0.389 e. The average molecular weight is 281 g/mol. The lowest BCUT2D eigenvalue weighted by atomic mass is 10.1.